The smallest absolute Gasteiger partial charge is 0.364 e. The summed E-state index contributed by atoms with van der Waals surface area (Å²) in [7, 11) is -2.59. The van der Waals surface area contributed by atoms with E-state index < -0.39 is 24.8 Å². The first kappa shape index (κ1) is 9.55. The first-order chi connectivity index (χ1) is 10.2. The summed E-state index contributed by atoms with van der Waals surface area (Å²) in [6, 6.07) is 3.96. The molecule has 6 nitrogen and oxygen atoms in total. The van der Waals surface area contributed by atoms with E-state index in [1.807, 2.05) is 0 Å². The fourth-order valence-corrected chi connectivity index (χ4v) is 1.72. The highest BCUT2D eigenvalue weighted by Gasteiger charge is 2.33. The molecule has 0 N–H and O–H groups in total. The van der Waals surface area contributed by atoms with Crippen molar-refractivity contribution in [2.45, 2.75) is 19.8 Å². The largest absolute Gasteiger partial charge is 0.497 e. The van der Waals surface area contributed by atoms with Crippen molar-refractivity contribution in [1.29, 1.82) is 0 Å². The first-order valence-electron chi connectivity index (χ1n) is 7.05. The van der Waals surface area contributed by atoms with Crippen LogP contribution in [-0.4, -0.2) is 29.9 Å². The molecule has 1 aromatic carbocycles. The monoisotopic (exact) mass is 266 g/mol. The molecule has 0 aromatic heterocycles. The maximum atomic E-state index is 12.0. The van der Waals surface area contributed by atoms with Gasteiger partial charge in [0.1, 0.15) is 5.75 Å². The van der Waals surface area contributed by atoms with Crippen LogP contribution < -0.4 is 4.74 Å². The van der Waals surface area contributed by atoms with Gasteiger partial charge in [-0.25, -0.2) is 4.79 Å². The van der Waals surface area contributed by atoms with Gasteiger partial charge < -0.3 is 9.57 Å². The molecule has 2 rings (SSSR count). The van der Waals surface area contributed by atoms with E-state index in [9.17, 15) is 14.4 Å². The molecule has 19 heavy (non-hydrogen) atoms. The second-order valence-corrected chi connectivity index (χ2v) is 4.04. The van der Waals surface area contributed by atoms with Crippen LogP contribution in [0.15, 0.2) is 18.2 Å². The van der Waals surface area contributed by atoms with Crippen molar-refractivity contribution in [3.8, 4) is 5.75 Å². The second kappa shape index (κ2) is 5.09. The summed E-state index contributed by atoms with van der Waals surface area (Å²) in [5.41, 5.74) is 0.497. The number of methoxy groups -OCH3 is 1. The fourth-order valence-electron chi connectivity index (χ4n) is 1.72. The normalized spacial score (nSPS) is 17.7. The molecule has 0 atom stereocenters. The third-order valence-corrected chi connectivity index (χ3v) is 2.72. The number of hydrogen-bond donors (Lipinski definition) is 0. The summed E-state index contributed by atoms with van der Waals surface area (Å²) < 4.78 is 25.7. The molecule has 1 fully saturated rings. The van der Waals surface area contributed by atoms with Gasteiger partial charge in [0.2, 0.25) is 0 Å². The molecular weight excluding hydrogens is 250 g/mol. The van der Waals surface area contributed by atoms with Crippen molar-refractivity contribution >= 4 is 17.8 Å². The van der Waals surface area contributed by atoms with Gasteiger partial charge in [-0.05, 0) is 30.7 Å². The lowest BCUT2D eigenvalue weighted by Gasteiger charge is -2.13. The number of ether oxygens (including phenoxy) is 1. The highest BCUT2D eigenvalue weighted by Crippen LogP contribution is 2.19. The minimum atomic E-state index is -2.59. The van der Waals surface area contributed by atoms with Crippen LogP contribution in [0, 0.1) is 6.92 Å². The Labute approximate surface area is 114 Å². The zero-order chi connectivity index (χ0) is 16.5. The Morgan fingerprint density at radius 2 is 2.00 bits per heavy atom. The zero-order valence-electron chi connectivity index (χ0n) is 13.1. The molecule has 0 radical (unpaired) electrons. The number of carbonyl (C=O) groups excluding carboxylic acids is 3. The molecule has 0 saturated carbocycles. The van der Waals surface area contributed by atoms with E-state index in [2.05, 4.69) is 0 Å². The summed E-state index contributed by atoms with van der Waals surface area (Å²) in [5.74, 6) is -1.94. The van der Waals surface area contributed by atoms with E-state index in [0.29, 0.717) is 10.6 Å². The fraction of sp³-hybridized carbons (Fsp3) is 0.308. The zero-order valence-corrected chi connectivity index (χ0v) is 10.1. The Hall–Kier alpha value is -2.37. The summed E-state index contributed by atoms with van der Waals surface area (Å²) in [4.78, 5) is 39.6. The summed E-state index contributed by atoms with van der Waals surface area (Å²) in [6.07, 6.45) is 0.0207. The number of aryl methyl sites for hydroxylation is 1. The third kappa shape index (κ3) is 2.57. The van der Waals surface area contributed by atoms with Crippen LogP contribution >= 0.6 is 0 Å². The van der Waals surface area contributed by atoms with Crippen molar-refractivity contribution in [3.05, 3.63) is 29.3 Å². The first-order valence-corrected chi connectivity index (χ1v) is 5.55. The lowest BCUT2D eigenvalue weighted by molar-refractivity contribution is -0.172. The van der Waals surface area contributed by atoms with Gasteiger partial charge in [-0.15, -0.1) is 5.06 Å². The van der Waals surface area contributed by atoms with Crippen LogP contribution in [-0.2, 0) is 14.4 Å². The average Bonchev–Trinajstić information content (AvgIpc) is 2.68. The van der Waals surface area contributed by atoms with Gasteiger partial charge in [0.15, 0.2) is 0 Å². The number of amides is 2. The van der Waals surface area contributed by atoms with Crippen molar-refractivity contribution in [1.82, 2.24) is 5.06 Å². The van der Waals surface area contributed by atoms with Crippen molar-refractivity contribution < 1.29 is 28.1 Å². The van der Waals surface area contributed by atoms with Crippen LogP contribution in [0.3, 0.4) is 0 Å². The maximum Gasteiger partial charge on any atom is 0.364 e. The van der Waals surface area contributed by atoms with Crippen LogP contribution in [0.25, 0.3) is 0 Å². The quantitative estimate of drug-likeness (QED) is 0.769. The van der Waals surface area contributed by atoms with Gasteiger partial charge in [-0.3, -0.25) is 9.59 Å². The summed E-state index contributed by atoms with van der Waals surface area (Å²) >= 11 is 0. The van der Waals surface area contributed by atoms with Gasteiger partial charge in [0, 0.05) is 12.8 Å². The lowest BCUT2D eigenvalue weighted by Crippen LogP contribution is -2.32. The molecule has 1 aliphatic heterocycles. The molecule has 6 heteroatoms. The standard InChI is InChI=1S/C13H13NO5/c1-8-7-9(18-2)3-4-10(8)13(17)19-14-11(15)5-6-12(14)16/h3-4,7H,5-6H2,1-2H3/i2D3. The van der Waals surface area contributed by atoms with E-state index in [1.165, 1.54) is 18.2 Å². The molecule has 2 amide bonds. The molecule has 0 aliphatic carbocycles. The predicted molar refractivity (Wildman–Crippen MR) is 64.2 cm³/mol. The van der Waals surface area contributed by atoms with Crippen molar-refractivity contribution in [3.63, 3.8) is 0 Å². The Bertz CT molecular complexity index is 625. The number of carbonyl (C=O) groups is 3. The Kier molecular flexibility index (Phi) is 2.56. The third-order valence-electron chi connectivity index (χ3n) is 2.72. The van der Waals surface area contributed by atoms with Crippen LogP contribution in [0.2, 0.25) is 0 Å². The molecule has 1 aliphatic rings. The van der Waals surface area contributed by atoms with E-state index in [0.717, 1.165) is 0 Å². The number of benzene rings is 1. The van der Waals surface area contributed by atoms with Gasteiger partial charge in [0.25, 0.3) is 11.8 Å². The molecular formula is C13H13NO5. The van der Waals surface area contributed by atoms with Gasteiger partial charge in [-0.1, -0.05) is 0 Å². The van der Waals surface area contributed by atoms with Crippen LogP contribution in [0.5, 0.6) is 5.75 Å². The van der Waals surface area contributed by atoms with Gasteiger partial charge >= 0.3 is 5.97 Å². The van der Waals surface area contributed by atoms with E-state index in [4.69, 9.17) is 13.7 Å². The summed E-state index contributed by atoms with van der Waals surface area (Å²) in [5, 5.41) is 0.453. The number of imide groups is 1. The minimum Gasteiger partial charge on any atom is -0.497 e. The van der Waals surface area contributed by atoms with Crippen LogP contribution in [0.4, 0.5) is 0 Å². The van der Waals surface area contributed by atoms with Gasteiger partial charge in [-0.2, -0.15) is 0 Å². The lowest BCUT2D eigenvalue weighted by atomic mass is 10.1. The van der Waals surface area contributed by atoms with Crippen LogP contribution in [0.1, 0.15) is 32.9 Å². The Morgan fingerprint density at radius 1 is 1.32 bits per heavy atom. The minimum absolute atomic E-state index is 0.0104. The number of rotatable bonds is 3. The molecule has 0 spiro atoms. The summed E-state index contributed by atoms with van der Waals surface area (Å²) in [6.45, 7) is 1.55. The molecule has 100 valence electrons. The maximum absolute atomic E-state index is 12.0. The highest BCUT2D eigenvalue weighted by atomic mass is 16.7. The second-order valence-electron chi connectivity index (χ2n) is 4.04. The molecule has 1 saturated heterocycles. The topological polar surface area (TPSA) is 72.9 Å². The van der Waals surface area contributed by atoms with Gasteiger partial charge in [0.05, 0.1) is 16.7 Å². The molecule has 1 aromatic rings. The highest BCUT2D eigenvalue weighted by molar-refractivity contribution is 6.03. The van der Waals surface area contributed by atoms with E-state index in [1.54, 1.807) is 6.92 Å². The van der Waals surface area contributed by atoms with Crippen molar-refractivity contribution in [2.75, 3.05) is 7.04 Å². The Morgan fingerprint density at radius 3 is 2.58 bits per heavy atom. The number of nitrogens with zero attached hydrogens (tertiary/aromatic N) is 1. The number of hydroxylamine groups is 2. The SMILES string of the molecule is [2H]C([2H])([2H])Oc1ccc(C(=O)ON2C(=O)CCC2=O)c(C)c1. The molecule has 0 unspecified atom stereocenters. The predicted octanol–water partition coefficient (Wildman–Crippen LogP) is 1.22. The average molecular weight is 266 g/mol. The number of hydrogen-bond acceptors (Lipinski definition) is 5. The molecule has 1 heterocycles. The Balaban J connectivity index is 2.13. The molecule has 0 bridgehead atoms. The van der Waals surface area contributed by atoms with E-state index >= 15 is 0 Å². The van der Waals surface area contributed by atoms with E-state index in [-0.39, 0.29) is 24.2 Å². The van der Waals surface area contributed by atoms with Crippen molar-refractivity contribution in [2.24, 2.45) is 0 Å².